The third kappa shape index (κ3) is 7.49. The fraction of sp³-hybridized carbons (Fsp3) is 0. The summed E-state index contributed by atoms with van der Waals surface area (Å²) in [5, 5.41) is 3.24. The Morgan fingerprint density at radius 2 is 1.33 bits per heavy atom. The van der Waals surface area contributed by atoms with Crippen LogP contribution in [0.5, 0.6) is 0 Å². The third-order valence-corrected chi connectivity index (χ3v) is 1.69. The Hall–Kier alpha value is -1.77. The first-order valence-electron chi connectivity index (χ1n) is 4.70. The second-order valence-corrected chi connectivity index (χ2v) is 3.78. The van der Waals surface area contributed by atoms with Crippen LogP contribution in [-0.4, -0.2) is 4.98 Å². The summed E-state index contributed by atoms with van der Waals surface area (Å²) >= 11 is 0. The lowest BCUT2D eigenvalue weighted by Gasteiger charge is -2.17. The molecule has 0 aliphatic rings. The minimum atomic E-state index is -4.94. The van der Waals surface area contributed by atoms with Crippen LogP contribution >= 0.6 is 0 Å². The van der Waals surface area contributed by atoms with E-state index in [1.807, 2.05) is 36.7 Å². The first-order chi connectivity index (χ1) is 8.45. The smallest absolute Gasteiger partial charge is 0.169 e. The van der Waals surface area contributed by atoms with Gasteiger partial charge in [0.25, 0.3) is 0 Å². The number of hydrogen-bond donors (Lipinski definition) is 1. The molecule has 0 aliphatic heterocycles. The van der Waals surface area contributed by atoms with E-state index in [-0.39, 0.29) is 0 Å². The highest BCUT2D eigenvalue weighted by molar-refractivity contribution is 5.57. The van der Waals surface area contributed by atoms with Crippen molar-refractivity contribution in [2.24, 2.45) is 0 Å². The Morgan fingerprint density at radius 3 is 1.83 bits per heavy atom. The molecule has 0 aromatic carbocycles. The highest BCUT2D eigenvalue weighted by Crippen LogP contribution is 2.12. The second-order valence-electron chi connectivity index (χ2n) is 3.03. The van der Waals surface area contributed by atoms with Crippen molar-refractivity contribution in [3.63, 3.8) is 0 Å². The van der Waals surface area contributed by atoms with Gasteiger partial charge in [-0.1, -0.05) is 0 Å². The first-order valence-corrected chi connectivity index (χ1v) is 5.93. The van der Waals surface area contributed by atoms with Gasteiger partial charge in [0.05, 0.1) is 5.69 Å². The van der Waals surface area contributed by atoms with E-state index in [4.69, 9.17) is 18.6 Å². The van der Waals surface area contributed by atoms with Gasteiger partial charge in [-0.3, -0.25) is 4.98 Å². The molecule has 8 heteroatoms. The molecule has 0 radical (unpaired) electrons. The molecule has 0 saturated heterocycles. The maximum absolute atomic E-state index is 8.49. The fourth-order valence-corrected chi connectivity index (χ4v) is 1.07. The third-order valence-electron chi connectivity index (χ3n) is 1.69. The topological polar surface area (TPSA) is 131 Å². The van der Waals surface area contributed by atoms with Crippen LogP contribution in [0.25, 0.3) is 0 Å². The molecule has 0 amide bonds. The summed E-state index contributed by atoms with van der Waals surface area (Å²) in [6.07, 6.45) is 7.28. The summed E-state index contributed by atoms with van der Waals surface area (Å²) in [4.78, 5) is 6.91. The summed E-state index contributed by atoms with van der Waals surface area (Å²) < 4.78 is 34.0. The number of pyridine rings is 2. The maximum atomic E-state index is 8.49. The minimum absolute atomic E-state index is 1.04. The SMILES string of the molecule is [O-][Cl+3]([O-])([O-])[O-].c1cc(Nc2cc[nH+]cc2)ccn1. The summed E-state index contributed by atoms with van der Waals surface area (Å²) in [5.74, 6) is 0. The predicted molar refractivity (Wildman–Crippen MR) is 50.5 cm³/mol. The quantitative estimate of drug-likeness (QED) is 0.615. The van der Waals surface area contributed by atoms with Gasteiger partial charge in [0.2, 0.25) is 0 Å². The van der Waals surface area contributed by atoms with Crippen molar-refractivity contribution in [1.29, 1.82) is 0 Å². The molecule has 0 fully saturated rings. The Balaban J connectivity index is 0.000000280. The van der Waals surface area contributed by atoms with Gasteiger partial charge in [-0.05, 0) is 12.1 Å². The molecular weight excluding hydrogens is 262 g/mol. The molecule has 0 saturated carbocycles. The average Bonchev–Trinajstić information content (AvgIpc) is 2.29. The van der Waals surface area contributed by atoms with E-state index in [1.165, 1.54) is 0 Å². The lowest BCUT2D eigenvalue weighted by molar-refractivity contribution is -2.00. The summed E-state index contributed by atoms with van der Waals surface area (Å²) in [5.41, 5.74) is 2.10. The second kappa shape index (κ2) is 6.84. The van der Waals surface area contributed by atoms with E-state index in [1.54, 1.807) is 12.4 Å². The molecule has 0 aliphatic carbocycles. The molecule has 2 rings (SSSR count). The number of anilines is 2. The highest BCUT2D eigenvalue weighted by Gasteiger charge is 1.92. The van der Waals surface area contributed by atoms with Crippen molar-refractivity contribution >= 4 is 11.4 Å². The van der Waals surface area contributed by atoms with E-state index in [0.29, 0.717) is 0 Å². The highest BCUT2D eigenvalue weighted by atomic mass is 35.7. The number of halogens is 1. The number of hydrogen-bond acceptors (Lipinski definition) is 6. The van der Waals surface area contributed by atoms with E-state index in [0.717, 1.165) is 11.4 Å². The van der Waals surface area contributed by atoms with E-state index in [2.05, 4.69) is 15.3 Å². The predicted octanol–water partition coefficient (Wildman–Crippen LogP) is -3.12. The van der Waals surface area contributed by atoms with Crippen molar-refractivity contribution < 1.29 is 33.9 Å². The van der Waals surface area contributed by atoms with Gasteiger partial charge in [-0.15, -0.1) is 10.2 Å². The summed E-state index contributed by atoms with van der Waals surface area (Å²) in [7, 11) is -4.94. The Morgan fingerprint density at radius 1 is 0.889 bits per heavy atom. The zero-order chi connectivity index (χ0) is 13.4. The summed E-state index contributed by atoms with van der Waals surface area (Å²) in [6.45, 7) is 0. The molecule has 96 valence electrons. The lowest BCUT2D eigenvalue weighted by atomic mass is 10.3. The maximum Gasteiger partial charge on any atom is 0.169 e. The molecule has 2 heterocycles. The van der Waals surface area contributed by atoms with Crippen LogP contribution in [0.3, 0.4) is 0 Å². The Bertz CT molecular complexity index is 406. The van der Waals surface area contributed by atoms with Crippen LogP contribution in [0.4, 0.5) is 11.4 Å². The largest absolute Gasteiger partial charge is 0.355 e. The Labute approximate surface area is 105 Å². The monoisotopic (exact) mass is 271 g/mol. The van der Waals surface area contributed by atoms with Crippen LogP contribution in [0.15, 0.2) is 49.1 Å². The molecule has 2 aromatic heterocycles. The van der Waals surface area contributed by atoms with Gasteiger partial charge >= 0.3 is 0 Å². The molecule has 0 spiro atoms. The van der Waals surface area contributed by atoms with Crippen LogP contribution in [-0.2, 0) is 0 Å². The van der Waals surface area contributed by atoms with E-state index >= 15 is 0 Å². The van der Waals surface area contributed by atoms with Gasteiger partial charge in [-0.2, -0.15) is 0 Å². The van der Waals surface area contributed by atoms with E-state index in [9.17, 15) is 0 Å². The molecule has 2 N–H and O–H groups in total. The van der Waals surface area contributed by atoms with Gasteiger partial charge in [0, 0.05) is 30.2 Å². The van der Waals surface area contributed by atoms with Crippen molar-refractivity contribution in [2.45, 2.75) is 0 Å². The van der Waals surface area contributed by atoms with Gasteiger partial charge < -0.3 is 5.32 Å². The zero-order valence-corrected chi connectivity index (χ0v) is 9.83. The van der Waals surface area contributed by atoms with Gasteiger partial charge in [-0.25, -0.2) is 23.6 Å². The molecule has 0 bridgehead atoms. The van der Waals surface area contributed by atoms with Gasteiger partial charge in [0.1, 0.15) is 0 Å². The average molecular weight is 272 g/mol. The molecule has 18 heavy (non-hydrogen) atoms. The fourth-order valence-electron chi connectivity index (χ4n) is 1.07. The lowest BCUT2D eigenvalue weighted by Crippen LogP contribution is -2.68. The van der Waals surface area contributed by atoms with Crippen LogP contribution in [0.1, 0.15) is 0 Å². The molecule has 0 atom stereocenters. The molecule has 0 unspecified atom stereocenters. The standard InChI is InChI=1S/C10H9N3.ClHO4/c1-5-11-6-2-9(1)13-10-3-7-12-8-4-10;2-1(3,4)5/h1-8H,(H,11,12,13);(H,2,3,4,5). The number of nitrogens with one attached hydrogen (secondary N) is 2. The van der Waals surface area contributed by atoms with Crippen LogP contribution in [0.2, 0.25) is 0 Å². The molecule has 2 aromatic rings. The Kier molecular flexibility index (Phi) is 5.43. The number of aromatic nitrogens is 2. The van der Waals surface area contributed by atoms with Gasteiger partial charge in [0.15, 0.2) is 12.4 Å². The molecule has 7 nitrogen and oxygen atoms in total. The number of nitrogens with zero attached hydrogens (tertiary/aromatic N) is 1. The number of aromatic amines is 1. The first kappa shape index (κ1) is 14.3. The van der Waals surface area contributed by atoms with Crippen molar-refractivity contribution in [3.05, 3.63) is 49.1 Å². The van der Waals surface area contributed by atoms with Crippen LogP contribution < -0.4 is 28.9 Å². The van der Waals surface area contributed by atoms with Crippen molar-refractivity contribution in [1.82, 2.24) is 4.98 Å². The van der Waals surface area contributed by atoms with Crippen molar-refractivity contribution in [2.75, 3.05) is 5.32 Å². The number of rotatable bonds is 2. The number of H-pyrrole nitrogens is 1. The molecular formula is C10H10ClN3O4. The van der Waals surface area contributed by atoms with Crippen molar-refractivity contribution in [3.8, 4) is 0 Å². The minimum Gasteiger partial charge on any atom is -0.355 e. The zero-order valence-electron chi connectivity index (χ0n) is 9.08. The van der Waals surface area contributed by atoms with E-state index < -0.39 is 10.2 Å². The summed E-state index contributed by atoms with van der Waals surface area (Å²) in [6, 6.07) is 7.80. The normalized spacial score (nSPS) is 10.2. The van der Waals surface area contributed by atoms with Crippen LogP contribution in [0, 0.1) is 10.2 Å².